The zero-order valence-corrected chi connectivity index (χ0v) is 15.5. The average Bonchev–Trinajstić information content (AvgIpc) is 3.26. The van der Waals surface area contributed by atoms with Crippen LogP contribution in [0.4, 0.5) is 4.79 Å². The molecule has 25 heavy (non-hydrogen) atoms. The van der Waals surface area contributed by atoms with Gasteiger partial charge in [0.1, 0.15) is 0 Å². The third-order valence-corrected chi connectivity index (χ3v) is 5.40. The molecule has 0 radical (unpaired) electrons. The SMILES string of the molecule is Cc1c(Cl)cccc1-n1ccnc1SC(C)C(=O)NC(=O)NC1CC1. The summed E-state index contributed by atoms with van der Waals surface area (Å²) in [5.41, 5.74) is 1.84. The van der Waals surface area contributed by atoms with Crippen molar-refractivity contribution in [1.29, 1.82) is 0 Å². The van der Waals surface area contributed by atoms with Crippen LogP contribution in [0.25, 0.3) is 5.69 Å². The summed E-state index contributed by atoms with van der Waals surface area (Å²) in [6.07, 6.45) is 5.45. The molecule has 1 aliphatic carbocycles. The Morgan fingerprint density at radius 2 is 2.16 bits per heavy atom. The minimum Gasteiger partial charge on any atom is -0.335 e. The molecule has 0 spiro atoms. The molecule has 6 nitrogen and oxygen atoms in total. The molecule has 1 heterocycles. The van der Waals surface area contributed by atoms with Gasteiger partial charge >= 0.3 is 6.03 Å². The summed E-state index contributed by atoms with van der Waals surface area (Å²) in [7, 11) is 0. The minimum atomic E-state index is -0.467. The Kier molecular flexibility index (Phi) is 5.34. The monoisotopic (exact) mass is 378 g/mol. The topological polar surface area (TPSA) is 76.0 Å². The summed E-state index contributed by atoms with van der Waals surface area (Å²) in [5, 5.41) is 5.98. The van der Waals surface area contributed by atoms with Crippen LogP contribution in [0.2, 0.25) is 5.02 Å². The first-order valence-corrected chi connectivity index (χ1v) is 9.28. The highest BCUT2D eigenvalue weighted by molar-refractivity contribution is 8.00. The third-order valence-electron chi connectivity index (χ3n) is 3.91. The summed E-state index contributed by atoms with van der Waals surface area (Å²) < 4.78 is 1.89. The Morgan fingerprint density at radius 3 is 2.88 bits per heavy atom. The lowest BCUT2D eigenvalue weighted by Gasteiger charge is -2.14. The van der Waals surface area contributed by atoms with E-state index in [-0.39, 0.29) is 11.9 Å². The highest BCUT2D eigenvalue weighted by Crippen LogP contribution is 2.28. The summed E-state index contributed by atoms with van der Waals surface area (Å²) >= 11 is 7.48. The van der Waals surface area contributed by atoms with Crippen LogP contribution >= 0.6 is 23.4 Å². The van der Waals surface area contributed by atoms with Crippen molar-refractivity contribution in [3.05, 3.63) is 41.2 Å². The molecule has 1 aliphatic rings. The Balaban J connectivity index is 1.68. The maximum absolute atomic E-state index is 12.2. The van der Waals surface area contributed by atoms with Crippen LogP contribution in [0, 0.1) is 6.92 Å². The number of benzene rings is 1. The maximum atomic E-state index is 12.2. The predicted octanol–water partition coefficient (Wildman–Crippen LogP) is 3.30. The van der Waals surface area contributed by atoms with Gasteiger partial charge in [0.2, 0.25) is 5.91 Å². The van der Waals surface area contributed by atoms with E-state index in [4.69, 9.17) is 11.6 Å². The molecule has 0 aliphatic heterocycles. The highest BCUT2D eigenvalue weighted by atomic mass is 35.5. The minimum absolute atomic E-state index is 0.209. The number of carbonyl (C=O) groups is 2. The third kappa shape index (κ3) is 4.35. The molecule has 1 unspecified atom stereocenters. The van der Waals surface area contributed by atoms with Crippen molar-refractivity contribution >= 4 is 35.3 Å². The number of amides is 3. The van der Waals surface area contributed by atoms with E-state index in [1.54, 1.807) is 13.1 Å². The van der Waals surface area contributed by atoms with E-state index >= 15 is 0 Å². The lowest BCUT2D eigenvalue weighted by Crippen LogP contribution is -2.43. The first-order chi connectivity index (χ1) is 12.0. The van der Waals surface area contributed by atoms with Gasteiger partial charge < -0.3 is 5.32 Å². The first-order valence-electron chi connectivity index (χ1n) is 8.02. The van der Waals surface area contributed by atoms with Crippen LogP contribution in [0.15, 0.2) is 35.7 Å². The second kappa shape index (κ2) is 7.49. The summed E-state index contributed by atoms with van der Waals surface area (Å²) in [5.74, 6) is -0.347. The number of thioether (sulfide) groups is 1. The average molecular weight is 379 g/mol. The number of imidazole rings is 1. The Morgan fingerprint density at radius 1 is 1.40 bits per heavy atom. The van der Waals surface area contributed by atoms with Crippen molar-refractivity contribution in [2.45, 2.75) is 43.1 Å². The van der Waals surface area contributed by atoms with E-state index in [2.05, 4.69) is 15.6 Å². The molecule has 3 amide bonds. The predicted molar refractivity (Wildman–Crippen MR) is 98.3 cm³/mol. The molecule has 2 N–H and O–H groups in total. The van der Waals surface area contributed by atoms with E-state index in [0.29, 0.717) is 10.2 Å². The van der Waals surface area contributed by atoms with E-state index in [0.717, 1.165) is 24.1 Å². The largest absolute Gasteiger partial charge is 0.335 e. The second-order valence-electron chi connectivity index (χ2n) is 5.96. The van der Waals surface area contributed by atoms with Gasteiger partial charge in [-0.25, -0.2) is 9.78 Å². The molecule has 1 saturated carbocycles. The maximum Gasteiger partial charge on any atom is 0.321 e. The normalized spacial score (nSPS) is 14.8. The van der Waals surface area contributed by atoms with Gasteiger partial charge in [-0.3, -0.25) is 14.7 Å². The number of carbonyl (C=O) groups excluding carboxylic acids is 2. The summed E-state index contributed by atoms with van der Waals surface area (Å²) in [6, 6.07) is 5.42. The highest BCUT2D eigenvalue weighted by Gasteiger charge is 2.25. The number of urea groups is 1. The van der Waals surface area contributed by atoms with Crippen molar-refractivity contribution in [2.24, 2.45) is 0 Å². The number of nitrogens with one attached hydrogen (secondary N) is 2. The van der Waals surface area contributed by atoms with Crippen LogP contribution in [-0.2, 0) is 4.79 Å². The fourth-order valence-electron chi connectivity index (χ4n) is 2.29. The van der Waals surface area contributed by atoms with Gasteiger partial charge in [-0.1, -0.05) is 29.4 Å². The standard InChI is InChI=1S/C17H19ClN4O2S/c1-10-13(18)4-3-5-14(10)22-9-8-19-17(22)25-11(2)15(23)21-16(24)20-12-6-7-12/h3-5,8-9,11-12H,6-7H2,1-2H3,(H2,20,21,23,24). The Hall–Kier alpha value is -1.99. The smallest absolute Gasteiger partial charge is 0.321 e. The molecule has 1 aromatic heterocycles. The van der Waals surface area contributed by atoms with Crippen LogP contribution in [0.1, 0.15) is 25.3 Å². The van der Waals surface area contributed by atoms with E-state index in [1.165, 1.54) is 11.8 Å². The van der Waals surface area contributed by atoms with Gasteiger partial charge in [0.25, 0.3) is 0 Å². The zero-order valence-electron chi connectivity index (χ0n) is 14.0. The summed E-state index contributed by atoms with van der Waals surface area (Å²) in [4.78, 5) is 28.2. The van der Waals surface area contributed by atoms with Gasteiger partial charge in [0, 0.05) is 23.5 Å². The number of nitrogens with zero attached hydrogens (tertiary/aromatic N) is 2. The van der Waals surface area contributed by atoms with Crippen LogP contribution in [0.5, 0.6) is 0 Å². The molecule has 1 atom stereocenters. The Bertz CT molecular complexity index is 804. The molecular formula is C17H19ClN4O2S. The number of imide groups is 1. The summed E-state index contributed by atoms with van der Waals surface area (Å²) in [6.45, 7) is 3.68. The fourth-order valence-corrected chi connectivity index (χ4v) is 3.34. The van der Waals surface area contributed by atoms with Gasteiger partial charge in [0.15, 0.2) is 5.16 Å². The molecule has 8 heteroatoms. The van der Waals surface area contributed by atoms with Crippen molar-refractivity contribution in [1.82, 2.24) is 20.2 Å². The molecule has 2 aromatic rings. The van der Waals surface area contributed by atoms with Crippen molar-refractivity contribution < 1.29 is 9.59 Å². The zero-order chi connectivity index (χ0) is 18.0. The van der Waals surface area contributed by atoms with Crippen LogP contribution < -0.4 is 10.6 Å². The number of aromatic nitrogens is 2. The fraction of sp³-hybridized carbons (Fsp3) is 0.353. The molecular weight excluding hydrogens is 360 g/mol. The lowest BCUT2D eigenvalue weighted by atomic mass is 10.2. The number of hydrogen-bond donors (Lipinski definition) is 2. The van der Waals surface area contributed by atoms with Gasteiger partial charge in [-0.15, -0.1) is 0 Å². The number of hydrogen-bond acceptors (Lipinski definition) is 4. The van der Waals surface area contributed by atoms with E-state index < -0.39 is 11.3 Å². The van der Waals surface area contributed by atoms with Crippen molar-refractivity contribution in [3.8, 4) is 5.69 Å². The molecule has 132 valence electrons. The van der Waals surface area contributed by atoms with Gasteiger partial charge in [-0.2, -0.15) is 0 Å². The molecule has 1 aromatic carbocycles. The van der Waals surface area contributed by atoms with Crippen molar-refractivity contribution in [3.63, 3.8) is 0 Å². The molecule has 1 fully saturated rings. The molecule has 0 bridgehead atoms. The second-order valence-corrected chi connectivity index (χ2v) is 7.68. The van der Waals surface area contributed by atoms with Crippen LogP contribution in [0.3, 0.4) is 0 Å². The number of halogens is 1. The molecule has 0 saturated heterocycles. The van der Waals surface area contributed by atoms with E-state index in [9.17, 15) is 9.59 Å². The quantitative estimate of drug-likeness (QED) is 0.782. The van der Waals surface area contributed by atoms with Crippen molar-refractivity contribution in [2.75, 3.05) is 0 Å². The van der Waals surface area contributed by atoms with Gasteiger partial charge in [-0.05, 0) is 44.4 Å². The van der Waals surface area contributed by atoms with Gasteiger partial charge in [0.05, 0.1) is 10.9 Å². The van der Waals surface area contributed by atoms with E-state index in [1.807, 2.05) is 35.9 Å². The lowest BCUT2D eigenvalue weighted by molar-refractivity contribution is -0.119. The molecule has 3 rings (SSSR count). The number of rotatable bonds is 5. The van der Waals surface area contributed by atoms with Crippen LogP contribution in [-0.4, -0.2) is 32.8 Å². The Labute approximate surface area is 155 Å². The first kappa shape index (κ1) is 17.8.